The number of nitrogens with two attached hydrogens (primary N) is 1. The van der Waals surface area contributed by atoms with Crippen LogP contribution in [0.4, 0.5) is 5.69 Å². The molecule has 1 aliphatic heterocycles. The highest BCUT2D eigenvalue weighted by Gasteiger charge is 2.26. The lowest BCUT2D eigenvalue weighted by molar-refractivity contribution is -0.124. The van der Waals surface area contributed by atoms with Crippen molar-refractivity contribution in [1.29, 1.82) is 0 Å². The molecule has 3 amide bonds. The Morgan fingerprint density at radius 1 is 1.43 bits per heavy atom. The van der Waals surface area contributed by atoms with Crippen LogP contribution < -0.4 is 16.0 Å². The first-order chi connectivity index (χ1) is 9.97. The van der Waals surface area contributed by atoms with Crippen molar-refractivity contribution in [1.82, 2.24) is 5.32 Å². The van der Waals surface area contributed by atoms with E-state index in [4.69, 9.17) is 5.73 Å². The van der Waals surface area contributed by atoms with Crippen LogP contribution in [0, 0.1) is 0 Å². The lowest BCUT2D eigenvalue weighted by Crippen LogP contribution is -2.46. The summed E-state index contributed by atoms with van der Waals surface area (Å²) in [4.78, 5) is 37.3. The van der Waals surface area contributed by atoms with Crippen molar-refractivity contribution in [2.45, 2.75) is 24.3 Å². The fourth-order valence-corrected chi connectivity index (χ4v) is 3.08. The molecule has 0 spiro atoms. The highest BCUT2D eigenvalue weighted by atomic mass is 32.2. The molecular formula is C14H17N3O3S. The van der Waals surface area contributed by atoms with E-state index in [0.717, 1.165) is 10.6 Å². The number of amides is 3. The minimum Gasteiger partial charge on any atom is -0.370 e. The first-order valence-corrected chi connectivity index (χ1v) is 7.56. The summed E-state index contributed by atoms with van der Waals surface area (Å²) < 4.78 is 0. The number of anilines is 1. The molecule has 1 atom stereocenters. The van der Waals surface area contributed by atoms with Crippen LogP contribution in [0.2, 0.25) is 0 Å². The van der Waals surface area contributed by atoms with E-state index in [9.17, 15) is 14.4 Å². The Morgan fingerprint density at radius 3 is 2.86 bits per heavy atom. The summed E-state index contributed by atoms with van der Waals surface area (Å²) in [6.45, 7) is 1.64. The fourth-order valence-electron chi connectivity index (χ4n) is 2.14. The molecule has 0 aromatic heterocycles. The maximum absolute atomic E-state index is 12.0. The molecule has 0 bridgehead atoms. The first kappa shape index (κ1) is 15.4. The molecule has 0 fully saturated rings. The molecule has 7 heteroatoms. The third-order valence-electron chi connectivity index (χ3n) is 3.02. The number of nitrogens with one attached hydrogen (secondary N) is 1. The highest BCUT2D eigenvalue weighted by molar-refractivity contribution is 8.00. The molecule has 0 aliphatic carbocycles. The van der Waals surface area contributed by atoms with Crippen molar-refractivity contribution >= 4 is 35.2 Å². The van der Waals surface area contributed by atoms with Crippen LogP contribution >= 0.6 is 11.8 Å². The van der Waals surface area contributed by atoms with Crippen molar-refractivity contribution in [3.63, 3.8) is 0 Å². The Bertz CT molecular complexity index is 576. The number of nitrogens with zero attached hydrogens (tertiary/aromatic N) is 1. The Kier molecular flexibility index (Phi) is 4.85. The van der Waals surface area contributed by atoms with Gasteiger partial charge in [-0.1, -0.05) is 12.1 Å². The lowest BCUT2D eigenvalue weighted by atomic mass is 10.2. The summed E-state index contributed by atoms with van der Waals surface area (Å²) in [5.74, 6) is -0.560. The molecule has 1 aromatic rings. The van der Waals surface area contributed by atoms with Gasteiger partial charge in [0.05, 0.1) is 11.4 Å². The standard InChI is InChI=1S/C14H17N3O3S/c1-9(6-12(15)18)16-13(19)7-17-10-4-2-3-5-11(10)21-8-14(17)20/h2-5,9H,6-8H2,1H3,(H2,15,18)(H,16,19)/t9-/m1/s1. The quantitative estimate of drug-likeness (QED) is 0.829. The molecule has 0 radical (unpaired) electrons. The van der Waals surface area contributed by atoms with Gasteiger partial charge in [-0.3, -0.25) is 14.4 Å². The predicted octanol–water partition coefficient (Wildman–Crippen LogP) is 0.505. The number of hydrogen-bond donors (Lipinski definition) is 2. The number of hydrogen-bond acceptors (Lipinski definition) is 4. The van der Waals surface area contributed by atoms with Crippen LogP contribution in [0.1, 0.15) is 13.3 Å². The van der Waals surface area contributed by atoms with Gasteiger partial charge in [-0.2, -0.15) is 0 Å². The molecule has 0 unspecified atom stereocenters. The van der Waals surface area contributed by atoms with E-state index >= 15 is 0 Å². The number of primary amides is 1. The van der Waals surface area contributed by atoms with Crippen LogP contribution in [-0.4, -0.2) is 36.1 Å². The number of thioether (sulfide) groups is 1. The van der Waals surface area contributed by atoms with E-state index < -0.39 is 5.91 Å². The van der Waals surface area contributed by atoms with E-state index in [1.54, 1.807) is 6.92 Å². The molecule has 0 saturated carbocycles. The second kappa shape index (κ2) is 6.62. The minimum atomic E-state index is -0.474. The second-order valence-corrected chi connectivity index (χ2v) is 5.89. The number of carbonyl (C=O) groups excluding carboxylic acids is 3. The van der Waals surface area contributed by atoms with Gasteiger partial charge in [0.15, 0.2) is 0 Å². The molecule has 0 saturated heterocycles. The summed E-state index contributed by atoms with van der Waals surface area (Å²) in [5.41, 5.74) is 5.83. The van der Waals surface area contributed by atoms with Crippen molar-refractivity contribution in [2.75, 3.05) is 17.2 Å². The number of benzene rings is 1. The number of fused-ring (bicyclic) bond motifs is 1. The molecule has 1 aliphatic rings. The van der Waals surface area contributed by atoms with Gasteiger partial charge < -0.3 is 16.0 Å². The number of rotatable bonds is 5. The van der Waals surface area contributed by atoms with Gasteiger partial charge in [0, 0.05) is 17.4 Å². The Labute approximate surface area is 127 Å². The molecule has 6 nitrogen and oxygen atoms in total. The van der Waals surface area contributed by atoms with Crippen LogP contribution in [0.15, 0.2) is 29.2 Å². The molecule has 3 N–H and O–H groups in total. The number of para-hydroxylation sites is 1. The molecule has 112 valence electrons. The molecule has 2 rings (SSSR count). The maximum atomic E-state index is 12.0. The van der Waals surface area contributed by atoms with Gasteiger partial charge in [0.2, 0.25) is 17.7 Å². The van der Waals surface area contributed by atoms with Gasteiger partial charge in [-0.25, -0.2) is 0 Å². The van der Waals surface area contributed by atoms with Crippen LogP contribution in [-0.2, 0) is 14.4 Å². The van der Waals surface area contributed by atoms with Crippen molar-refractivity contribution in [3.8, 4) is 0 Å². The van der Waals surface area contributed by atoms with Crippen LogP contribution in [0.5, 0.6) is 0 Å². The zero-order chi connectivity index (χ0) is 15.4. The second-order valence-electron chi connectivity index (χ2n) is 4.88. The van der Waals surface area contributed by atoms with Crippen molar-refractivity contribution in [3.05, 3.63) is 24.3 Å². The third-order valence-corrected chi connectivity index (χ3v) is 4.07. The van der Waals surface area contributed by atoms with Gasteiger partial charge in [-0.05, 0) is 19.1 Å². The zero-order valence-electron chi connectivity index (χ0n) is 11.7. The SMILES string of the molecule is C[C@H](CC(N)=O)NC(=O)CN1C(=O)CSc2ccccc21. The smallest absolute Gasteiger partial charge is 0.240 e. The number of carbonyl (C=O) groups is 3. The molecular weight excluding hydrogens is 290 g/mol. The summed E-state index contributed by atoms with van der Waals surface area (Å²) in [6.07, 6.45) is 0.0755. The summed E-state index contributed by atoms with van der Waals surface area (Å²) in [7, 11) is 0. The summed E-state index contributed by atoms with van der Waals surface area (Å²) in [6, 6.07) is 7.12. The summed E-state index contributed by atoms with van der Waals surface area (Å²) >= 11 is 1.47. The average molecular weight is 307 g/mol. The minimum absolute atomic E-state index is 0.0560. The van der Waals surface area contributed by atoms with Gasteiger partial charge in [-0.15, -0.1) is 11.8 Å². The van der Waals surface area contributed by atoms with Crippen LogP contribution in [0.25, 0.3) is 0 Å². The van der Waals surface area contributed by atoms with E-state index in [1.807, 2.05) is 24.3 Å². The van der Waals surface area contributed by atoms with Gasteiger partial charge >= 0.3 is 0 Å². The lowest BCUT2D eigenvalue weighted by Gasteiger charge is -2.28. The van der Waals surface area contributed by atoms with Gasteiger partial charge in [0.1, 0.15) is 6.54 Å². The van der Waals surface area contributed by atoms with Crippen molar-refractivity contribution in [2.24, 2.45) is 5.73 Å². The third kappa shape index (κ3) is 3.98. The topological polar surface area (TPSA) is 92.5 Å². The largest absolute Gasteiger partial charge is 0.370 e. The predicted molar refractivity (Wildman–Crippen MR) is 80.9 cm³/mol. The molecule has 1 heterocycles. The Morgan fingerprint density at radius 2 is 2.14 bits per heavy atom. The average Bonchev–Trinajstić information content (AvgIpc) is 2.41. The fraction of sp³-hybridized carbons (Fsp3) is 0.357. The Balaban J connectivity index is 2.03. The van der Waals surface area contributed by atoms with E-state index in [0.29, 0.717) is 5.75 Å². The normalized spacial score (nSPS) is 15.3. The highest BCUT2D eigenvalue weighted by Crippen LogP contribution is 2.34. The Hall–Kier alpha value is -2.02. The zero-order valence-corrected chi connectivity index (χ0v) is 12.5. The van der Waals surface area contributed by atoms with E-state index in [2.05, 4.69) is 5.32 Å². The first-order valence-electron chi connectivity index (χ1n) is 6.57. The molecule has 1 aromatic carbocycles. The maximum Gasteiger partial charge on any atom is 0.240 e. The van der Waals surface area contributed by atoms with Crippen LogP contribution in [0.3, 0.4) is 0 Å². The molecule has 21 heavy (non-hydrogen) atoms. The van der Waals surface area contributed by atoms with Gasteiger partial charge in [0.25, 0.3) is 0 Å². The van der Waals surface area contributed by atoms with E-state index in [1.165, 1.54) is 16.7 Å². The summed E-state index contributed by atoms with van der Waals surface area (Å²) in [5, 5.41) is 2.67. The monoisotopic (exact) mass is 307 g/mol. The van der Waals surface area contributed by atoms with E-state index in [-0.39, 0.29) is 30.8 Å². The van der Waals surface area contributed by atoms with Crippen molar-refractivity contribution < 1.29 is 14.4 Å².